The maximum atomic E-state index is 11.5. The van der Waals surface area contributed by atoms with Crippen LogP contribution in [0.1, 0.15) is 53.4 Å². The number of esters is 1. The largest absolute Gasteiger partial charge is 0.465 e. The SMILES string of the molecule is CCOC(=O)CSC1CC(C(C)(C)CC)CCC1C#N. The number of hydrogen-bond acceptors (Lipinski definition) is 4. The number of rotatable bonds is 6. The molecule has 1 aliphatic carbocycles. The molecular formula is C16H27NO2S. The van der Waals surface area contributed by atoms with Gasteiger partial charge in [0.25, 0.3) is 0 Å². The molecule has 1 fully saturated rings. The highest BCUT2D eigenvalue weighted by Gasteiger charge is 2.37. The van der Waals surface area contributed by atoms with Crippen LogP contribution in [0, 0.1) is 28.6 Å². The smallest absolute Gasteiger partial charge is 0.315 e. The second-order valence-electron chi connectivity index (χ2n) is 6.24. The van der Waals surface area contributed by atoms with Gasteiger partial charge >= 0.3 is 5.97 Å². The predicted octanol–water partition coefficient (Wildman–Crippen LogP) is 4.03. The first kappa shape index (κ1) is 17.4. The summed E-state index contributed by atoms with van der Waals surface area (Å²) in [5.41, 5.74) is 0.323. The van der Waals surface area contributed by atoms with Crippen molar-refractivity contribution in [3.05, 3.63) is 0 Å². The van der Waals surface area contributed by atoms with E-state index >= 15 is 0 Å². The van der Waals surface area contributed by atoms with Crippen LogP contribution in [0.5, 0.6) is 0 Å². The van der Waals surface area contributed by atoms with Crippen molar-refractivity contribution in [1.29, 1.82) is 5.26 Å². The van der Waals surface area contributed by atoms with Crippen LogP contribution < -0.4 is 0 Å². The molecule has 0 N–H and O–H groups in total. The van der Waals surface area contributed by atoms with E-state index < -0.39 is 0 Å². The number of carbonyl (C=O) groups excluding carboxylic acids is 1. The highest BCUT2D eigenvalue weighted by molar-refractivity contribution is 8.00. The normalized spacial score (nSPS) is 26.9. The second-order valence-corrected chi connectivity index (χ2v) is 7.47. The molecule has 1 aliphatic rings. The summed E-state index contributed by atoms with van der Waals surface area (Å²) >= 11 is 1.61. The fraction of sp³-hybridized carbons (Fsp3) is 0.875. The van der Waals surface area contributed by atoms with Crippen LogP contribution in [0.2, 0.25) is 0 Å². The molecule has 3 unspecified atom stereocenters. The maximum absolute atomic E-state index is 11.5. The van der Waals surface area contributed by atoms with E-state index in [-0.39, 0.29) is 17.1 Å². The summed E-state index contributed by atoms with van der Waals surface area (Å²) in [6, 6.07) is 2.43. The number of carbonyl (C=O) groups is 1. The molecule has 114 valence electrons. The molecule has 0 aromatic rings. The number of nitriles is 1. The van der Waals surface area contributed by atoms with Crippen LogP contribution in [0.4, 0.5) is 0 Å². The Morgan fingerprint density at radius 2 is 2.10 bits per heavy atom. The molecule has 20 heavy (non-hydrogen) atoms. The van der Waals surface area contributed by atoms with Crippen molar-refractivity contribution in [3.63, 3.8) is 0 Å². The minimum absolute atomic E-state index is 0.0818. The monoisotopic (exact) mass is 297 g/mol. The summed E-state index contributed by atoms with van der Waals surface area (Å²) in [4.78, 5) is 11.5. The molecule has 0 radical (unpaired) electrons. The summed E-state index contributed by atoms with van der Waals surface area (Å²) in [7, 11) is 0. The predicted molar refractivity (Wildman–Crippen MR) is 83.4 cm³/mol. The molecule has 3 atom stereocenters. The lowest BCUT2D eigenvalue weighted by molar-refractivity contribution is -0.139. The third-order valence-corrected chi connectivity index (χ3v) is 6.05. The van der Waals surface area contributed by atoms with E-state index in [2.05, 4.69) is 26.8 Å². The Morgan fingerprint density at radius 3 is 2.65 bits per heavy atom. The average Bonchev–Trinajstić information content (AvgIpc) is 2.45. The molecule has 3 nitrogen and oxygen atoms in total. The Kier molecular flexibility index (Phi) is 6.88. The van der Waals surface area contributed by atoms with E-state index in [4.69, 9.17) is 4.74 Å². The Balaban J connectivity index is 2.60. The Hall–Kier alpha value is -0.690. The summed E-state index contributed by atoms with van der Waals surface area (Å²) in [6.07, 6.45) is 4.30. The van der Waals surface area contributed by atoms with E-state index in [0.717, 1.165) is 25.7 Å². The van der Waals surface area contributed by atoms with Gasteiger partial charge in [-0.05, 0) is 37.5 Å². The first-order valence-corrected chi connectivity index (χ1v) is 8.66. The molecule has 4 heteroatoms. The first-order valence-electron chi connectivity index (χ1n) is 7.61. The number of hydrogen-bond donors (Lipinski definition) is 0. The van der Waals surface area contributed by atoms with Crippen molar-refractivity contribution in [1.82, 2.24) is 0 Å². The zero-order valence-corrected chi connectivity index (χ0v) is 14.0. The van der Waals surface area contributed by atoms with Crippen molar-refractivity contribution in [2.75, 3.05) is 12.4 Å². The van der Waals surface area contributed by atoms with Gasteiger partial charge < -0.3 is 4.74 Å². The first-order chi connectivity index (χ1) is 9.44. The van der Waals surface area contributed by atoms with Crippen molar-refractivity contribution < 1.29 is 9.53 Å². The van der Waals surface area contributed by atoms with E-state index in [1.807, 2.05) is 6.92 Å². The standard InChI is InChI=1S/C16H27NO2S/c1-5-16(3,4)13-8-7-12(10-17)14(9-13)20-11-15(18)19-6-2/h12-14H,5-9,11H2,1-4H3. The van der Waals surface area contributed by atoms with Crippen LogP contribution in [-0.2, 0) is 9.53 Å². The molecule has 0 spiro atoms. The van der Waals surface area contributed by atoms with Gasteiger partial charge in [-0.3, -0.25) is 4.79 Å². The van der Waals surface area contributed by atoms with Gasteiger partial charge in [0.1, 0.15) is 0 Å². The quantitative estimate of drug-likeness (QED) is 0.695. The van der Waals surface area contributed by atoms with E-state index in [0.29, 0.717) is 23.7 Å². The fourth-order valence-electron chi connectivity index (χ4n) is 2.84. The Morgan fingerprint density at radius 1 is 1.40 bits per heavy atom. The van der Waals surface area contributed by atoms with Gasteiger partial charge in [-0.25, -0.2) is 0 Å². The zero-order chi connectivity index (χ0) is 15.2. The van der Waals surface area contributed by atoms with Crippen LogP contribution in [-0.4, -0.2) is 23.6 Å². The summed E-state index contributed by atoms with van der Waals surface area (Å²) in [6.45, 7) is 9.12. The van der Waals surface area contributed by atoms with Gasteiger partial charge in [0, 0.05) is 5.25 Å². The maximum Gasteiger partial charge on any atom is 0.315 e. The third kappa shape index (κ3) is 4.70. The van der Waals surface area contributed by atoms with Gasteiger partial charge in [0.2, 0.25) is 0 Å². The lowest BCUT2D eigenvalue weighted by atomic mass is 9.67. The molecule has 0 aliphatic heterocycles. The van der Waals surface area contributed by atoms with Crippen molar-refractivity contribution in [2.24, 2.45) is 17.3 Å². The number of ether oxygens (including phenoxy) is 1. The number of thioether (sulfide) groups is 1. The molecule has 0 amide bonds. The van der Waals surface area contributed by atoms with Crippen molar-refractivity contribution >= 4 is 17.7 Å². The molecule has 0 aromatic carbocycles. The summed E-state index contributed by atoms with van der Waals surface area (Å²) < 4.78 is 4.97. The minimum Gasteiger partial charge on any atom is -0.465 e. The number of nitrogens with zero attached hydrogens (tertiary/aromatic N) is 1. The molecule has 0 aromatic heterocycles. The van der Waals surface area contributed by atoms with Crippen LogP contribution in [0.15, 0.2) is 0 Å². The average molecular weight is 297 g/mol. The second kappa shape index (κ2) is 7.93. The van der Waals surface area contributed by atoms with Crippen LogP contribution in [0.25, 0.3) is 0 Å². The zero-order valence-electron chi connectivity index (χ0n) is 13.1. The molecule has 1 saturated carbocycles. The highest BCUT2D eigenvalue weighted by Crippen LogP contribution is 2.45. The van der Waals surface area contributed by atoms with Gasteiger partial charge in [-0.15, -0.1) is 11.8 Å². The fourth-order valence-corrected chi connectivity index (χ4v) is 4.07. The van der Waals surface area contributed by atoms with E-state index in [9.17, 15) is 10.1 Å². The third-order valence-electron chi connectivity index (χ3n) is 4.69. The Bertz CT molecular complexity index is 362. The van der Waals surface area contributed by atoms with Crippen LogP contribution >= 0.6 is 11.8 Å². The Labute approximate surface area is 127 Å². The molecule has 0 heterocycles. The van der Waals surface area contributed by atoms with Crippen LogP contribution in [0.3, 0.4) is 0 Å². The lowest BCUT2D eigenvalue weighted by Gasteiger charge is -2.41. The lowest BCUT2D eigenvalue weighted by Crippen LogP contribution is -2.34. The van der Waals surface area contributed by atoms with Crippen molar-refractivity contribution in [2.45, 2.75) is 58.6 Å². The summed E-state index contributed by atoms with van der Waals surface area (Å²) in [5, 5.41) is 9.57. The highest BCUT2D eigenvalue weighted by atomic mass is 32.2. The molecule has 0 saturated heterocycles. The van der Waals surface area contributed by atoms with Gasteiger partial charge in [0.15, 0.2) is 0 Å². The van der Waals surface area contributed by atoms with E-state index in [1.54, 1.807) is 11.8 Å². The van der Waals surface area contributed by atoms with E-state index in [1.165, 1.54) is 0 Å². The molecule has 1 rings (SSSR count). The molecular weight excluding hydrogens is 270 g/mol. The summed E-state index contributed by atoms with van der Waals surface area (Å²) in [5.74, 6) is 0.942. The van der Waals surface area contributed by atoms with Gasteiger partial charge in [-0.1, -0.05) is 27.2 Å². The van der Waals surface area contributed by atoms with Crippen molar-refractivity contribution in [3.8, 4) is 6.07 Å². The van der Waals surface area contributed by atoms with Gasteiger partial charge in [-0.2, -0.15) is 5.26 Å². The molecule has 0 bridgehead atoms. The van der Waals surface area contributed by atoms with Gasteiger partial charge in [0.05, 0.1) is 24.3 Å². The minimum atomic E-state index is -0.161. The topological polar surface area (TPSA) is 50.1 Å².